The first-order valence-electron chi connectivity index (χ1n) is 12.0. The number of fused-ring (bicyclic) bond motifs is 1. The molecule has 3 aromatic rings. The number of carbonyl (C=O) groups is 2. The number of nitrogens with two attached hydrogens (primary N) is 1. The predicted octanol–water partition coefficient (Wildman–Crippen LogP) is 5.69. The van der Waals surface area contributed by atoms with Crippen molar-refractivity contribution in [2.75, 3.05) is 18.1 Å². The largest absolute Gasteiger partial charge is 0.398 e. The Morgan fingerprint density at radius 2 is 1.92 bits per heavy atom. The first kappa shape index (κ1) is 27.7. The van der Waals surface area contributed by atoms with Crippen molar-refractivity contribution in [3.8, 4) is 6.07 Å². The molecule has 1 aliphatic rings. The molecule has 0 saturated carbocycles. The summed E-state index contributed by atoms with van der Waals surface area (Å²) in [5.41, 5.74) is 6.91. The fourth-order valence-corrected chi connectivity index (χ4v) is 4.78. The van der Waals surface area contributed by atoms with Crippen LogP contribution < -0.4 is 11.1 Å². The third kappa shape index (κ3) is 6.07. The van der Waals surface area contributed by atoms with Gasteiger partial charge in [-0.3, -0.25) is 9.59 Å². The predicted molar refractivity (Wildman–Crippen MR) is 143 cm³/mol. The van der Waals surface area contributed by atoms with Crippen molar-refractivity contribution in [3.05, 3.63) is 99.8 Å². The van der Waals surface area contributed by atoms with Gasteiger partial charge in [-0.1, -0.05) is 42.0 Å². The van der Waals surface area contributed by atoms with Gasteiger partial charge < -0.3 is 16.0 Å². The fourth-order valence-electron chi connectivity index (χ4n) is 4.60. The zero-order chi connectivity index (χ0) is 28.3. The molecule has 6 nitrogen and oxygen atoms in total. The molecule has 0 radical (unpaired) electrons. The van der Waals surface area contributed by atoms with Crippen LogP contribution in [0.25, 0.3) is 6.08 Å². The van der Waals surface area contributed by atoms with Gasteiger partial charge in [0.2, 0.25) is 11.8 Å². The topological polar surface area (TPSA) is 99.2 Å². The van der Waals surface area contributed by atoms with Gasteiger partial charge in [0.15, 0.2) is 0 Å². The fraction of sp³-hybridized carbons (Fsp3) is 0.207. The Kier molecular flexibility index (Phi) is 8.27. The van der Waals surface area contributed by atoms with Gasteiger partial charge in [0.1, 0.15) is 23.5 Å². The van der Waals surface area contributed by atoms with E-state index >= 15 is 0 Å². The summed E-state index contributed by atoms with van der Waals surface area (Å²) in [5, 5.41) is 13.1. The molecule has 2 amide bonds. The Hall–Kier alpha value is -4.29. The number of nitrogens with one attached hydrogen (secondary N) is 1. The molecular weight excluding hydrogens is 529 g/mol. The molecular formula is C29H24ClF3N4O2. The zero-order valence-corrected chi connectivity index (χ0v) is 21.6. The summed E-state index contributed by atoms with van der Waals surface area (Å²) in [5.74, 6) is -4.94. The average Bonchev–Trinajstić information content (AvgIpc) is 3.19. The maximum absolute atomic E-state index is 14.5. The lowest BCUT2D eigenvalue weighted by molar-refractivity contribution is -0.134. The number of halogens is 4. The number of anilines is 2. The molecule has 0 spiro atoms. The third-order valence-electron chi connectivity index (χ3n) is 6.72. The van der Waals surface area contributed by atoms with Crippen molar-refractivity contribution < 1.29 is 22.8 Å². The molecule has 0 fully saturated rings. The maximum atomic E-state index is 14.5. The van der Waals surface area contributed by atoms with Crippen molar-refractivity contribution in [1.29, 1.82) is 5.26 Å². The van der Waals surface area contributed by atoms with Crippen LogP contribution in [0.1, 0.15) is 29.0 Å². The first-order valence-corrected chi connectivity index (χ1v) is 12.4. The molecule has 200 valence electrons. The minimum atomic E-state index is -1.04. The monoisotopic (exact) mass is 552 g/mol. The third-order valence-corrected chi connectivity index (χ3v) is 6.96. The van der Waals surface area contributed by atoms with E-state index in [4.69, 9.17) is 17.3 Å². The normalized spacial score (nSPS) is 15.9. The van der Waals surface area contributed by atoms with E-state index < -0.39 is 41.2 Å². The minimum Gasteiger partial charge on any atom is -0.398 e. The summed E-state index contributed by atoms with van der Waals surface area (Å²) in [6.45, 7) is 0. The molecule has 3 unspecified atom stereocenters. The molecule has 0 aromatic heterocycles. The van der Waals surface area contributed by atoms with Crippen LogP contribution in [0, 0.1) is 34.7 Å². The summed E-state index contributed by atoms with van der Waals surface area (Å²) in [7, 11) is 1.41. The van der Waals surface area contributed by atoms with Crippen LogP contribution in [-0.4, -0.2) is 29.8 Å². The highest BCUT2D eigenvalue weighted by molar-refractivity contribution is 6.31. The number of hydrogen-bond acceptors (Lipinski definition) is 4. The maximum Gasteiger partial charge on any atom is 0.232 e. The van der Waals surface area contributed by atoms with Gasteiger partial charge in [0.25, 0.3) is 0 Å². The summed E-state index contributed by atoms with van der Waals surface area (Å²) < 4.78 is 42.4. The molecule has 0 aliphatic carbocycles. The summed E-state index contributed by atoms with van der Waals surface area (Å²) in [6, 6.07) is 13.5. The molecule has 4 rings (SSSR count). The number of benzene rings is 3. The SMILES string of the molecule is CN(C(=O)C(/C=C/c1c(N)cc(F)cc1F)Cc1ccccc1F)C(C#N)CC1C(=O)Nc2ccc(Cl)cc21. The van der Waals surface area contributed by atoms with Gasteiger partial charge in [0, 0.05) is 35.1 Å². The molecule has 1 heterocycles. The number of nitrogen functional groups attached to an aromatic ring is 1. The van der Waals surface area contributed by atoms with E-state index in [0.717, 1.165) is 6.07 Å². The highest BCUT2D eigenvalue weighted by Crippen LogP contribution is 2.37. The van der Waals surface area contributed by atoms with Crippen molar-refractivity contribution in [2.45, 2.75) is 24.8 Å². The highest BCUT2D eigenvalue weighted by Gasteiger charge is 2.36. The Bertz CT molecular complexity index is 1480. The van der Waals surface area contributed by atoms with Crippen LogP contribution >= 0.6 is 11.6 Å². The van der Waals surface area contributed by atoms with Gasteiger partial charge >= 0.3 is 0 Å². The molecule has 39 heavy (non-hydrogen) atoms. The van der Waals surface area contributed by atoms with Crippen LogP contribution in [0.5, 0.6) is 0 Å². The van der Waals surface area contributed by atoms with Crippen molar-refractivity contribution in [2.24, 2.45) is 5.92 Å². The standard InChI is InChI=1S/C29H24ClF3N4O2/c1-37(20(15-34)14-23-22-11-18(30)7-9-27(22)36-28(23)38)29(39)17(10-16-4-2-3-5-24(16)32)6-8-21-25(33)12-19(31)13-26(21)35/h2-9,11-13,17,20,23H,10,14,35H2,1H3,(H,36,38)/b8-6+. The van der Waals surface area contributed by atoms with E-state index in [1.165, 1.54) is 42.3 Å². The second kappa shape index (κ2) is 11.6. The second-order valence-electron chi connectivity index (χ2n) is 9.25. The molecule has 1 aliphatic heterocycles. The van der Waals surface area contributed by atoms with Crippen LogP contribution in [-0.2, 0) is 16.0 Å². The molecule has 3 aromatic carbocycles. The minimum absolute atomic E-state index is 0.00636. The second-order valence-corrected chi connectivity index (χ2v) is 9.69. The van der Waals surface area contributed by atoms with Gasteiger partial charge in [-0.25, -0.2) is 13.2 Å². The zero-order valence-electron chi connectivity index (χ0n) is 20.8. The number of nitriles is 1. The Morgan fingerprint density at radius 1 is 1.18 bits per heavy atom. The molecule has 3 atom stereocenters. The smallest absolute Gasteiger partial charge is 0.232 e. The van der Waals surface area contributed by atoms with Crippen molar-refractivity contribution in [3.63, 3.8) is 0 Å². The highest BCUT2D eigenvalue weighted by atomic mass is 35.5. The number of carbonyl (C=O) groups excluding carboxylic acids is 2. The Balaban J connectivity index is 1.62. The average molecular weight is 553 g/mol. The molecule has 10 heteroatoms. The van der Waals surface area contributed by atoms with Crippen molar-refractivity contribution in [1.82, 2.24) is 4.90 Å². The van der Waals surface area contributed by atoms with Crippen LogP contribution in [0.15, 0.2) is 60.7 Å². The van der Waals surface area contributed by atoms with Crippen LogP contribution in [0.2, 0.25) is 5.02 Å². The number of rotatable bonds is 8. The lowest BCUT2D eigenvalue weighted by atomic mass is 9.91. The molecule has 0 bridgehead atoms. The van der Waals surface area contributed by atoms with E-state index in [-0.39, 0.29) is 35.6 Å². The van der Waals surface area contributed by atoms with E-state index in [1.54, 1.807) is 24.3 Å². The molecule has 3 N–H and O–H groups in total. The summed E-state index contributed by atoms with van der Waals surface area (Å²) in [6.07, 6.45) is 2.48. The van der Waals surface area contributed by atoms with E-state index in [2.05, 4.69) is 11.4 Å². The van der Waals surface area contributed by atoms with E-state index in [1.807, 2.05) is 0 Å². The lowest BCUT2D eigenvalue weighted by Gasteiger charge is -2.28. The number of hydrogen-bond donors (Lipinski definition) is 2. The first-order chi connectivity index (χ1) is 18.6. The summed E-state index contributed by atoms with van der Waals surface area (Å²) >= 11 is 6.10. The van der Waals surface area contributed by atoms with Crippen LogP contribution in [0.4, 0.5) is 24.5 Å². The van der Waals surface area contributed by atoms with Gasteiger partial charge in [-0.15, -0.1) is 0 Å². The van der Waals surface area contributed by atoms with E-state index in [9.17, 15) is 28.0 Å². The van der Waals surface area contributed by atoms with Gasteiger partial charge in [-0.05, 0) is 54.3 Å². The number of amides is 2. The quantitative estimate of drug-likeness (QED) is 0.351. The van der Waals surface area contributed by atoms with Crippen molar-refractivity contribution >= 4 is 40.9 Å². The lowest BCUT2D eigenvalue weighted by Crippen LogP contribution is -2.41. The van der Waals surface area contributed by atoms with Gasteiger partial charge in [-0.2, -0.15) is 5.26 Å². The van der Waals surface area contributed by atoms with Crippen LogP contribution in [0.3, 0.4) is 0 Å². The Morgan fingerprint density at radius 3 is 2.62 bits per heavy atom. The number of nitrogens with zero attached hydrogens (tertiary/aromatic N) is 2. The van der Waals surface area contributed by atoms with Gasteiger partial charge in [0.05, 0.1) is 17.9 Å². The Labute approximate surface area is 228 Å². The molecule has 0 saturated heterocycles. The van der Waals surface area contributed by atoms with E-state index in [0.29, 0.717) is 22.3 Å². The summed E-state index contributed by atoms with van der Waals surface area (Å²) in [4.78, 5) is 27.5.